The topological polar surface area (TPSA) is 58.2 Å². The molecule has 3 aromatic carbocycles. The summed E-state index contributed by atoms with van der Waals surface area (Å²) in [4.78, 5) is 24.7. The summed E-state index contributed by atoms with van der Waals surface area (Å²) in [5, 5.41) is 5.70. The number of carbonyl (C=O) groups is 2. The predicted molar refractivity (Wildman–Crippen MR) is 109 cm³/mol. The number of aryl methyl sites for hydroxylation is 2. The molecule has 0 fully saturated rings. The average molecular weight is 376 g/mol. The van der Waals surface area contributed by atoms with Crippen LogP contribution in [0.15, 0.2) is 66.7 Å². The maximum atomic E-state index is 13.0. The van der Waals surface area contributed by atoms with Crippen LogP contribution in [0.1, 0.15) is 27.0 Å². The van der Waals surface area contributed by atoms with Gasteiger partial charge in [-0.3, -0.25) is 9.59 Å². The zero-order valence-corrected chi connectivity index (χ0v) is 15.8. The SMILES string of the molecule is Cc1cccc(C(=O)Nc2cc(NC(=O)Cc3ccc(F)cc3)ccc2C)c1. The van der Waals surface area contributed by atoms with Gasteiger partial charge in [0.2, 0.25) is 5.91 Å². The van der Waals surface area contributed by atoms with Crippen molar-refractivity contribution in [1.29, 1.82) is 0 Å². The molecule has 0 saturated heterocycles. The van der Waals surface area contributed by atoms with Crippen LogP contribution >= 0.6 is 0 Å². The van der Waals surface area contributed by atoms with Gasteiger partial charge in [-0.2, -0.15) is 0 Å². The van der Waals surface area contributed by atoms with Crippen molar-refractivity contribution in [1.82, 2.24) is 0 Å². The Morgan fingerprint density at radius 3 is 2.36 bits per heavy atom. The highest BCUT2D eigenvalue weighted by Gasteiger charge is 2.10. The number of halogens is 1. The van der Waals surface area contributed by atoms with Gasteiger partial charge in [0.15, 0.2) is 0 Å². The van der Waals surface area contributed by atoms with E-state index in [0.717, 1.165) is 16.7 Å². The van der Waals surface area contributed by atoms with Crippen molar-refractivity contribution < 1.29 is 14.0 Å². The number of hydrogen-bond donors (Lipinski definition) is 2. The molecule has 0 bridgehead atoms. The molecule has 2 amide bonds. The molecule has 3 aromatic rings. The standard InChI is InChI=1S/C23H21FN2O2/c1-15-4-3-5-18(12-15)23(28)26-21-14-20(11-6-16(21)2)25-22(27)13-17-7-9-19(24)10-8-17/h3-12,14H,13H2,1-2H3,(H,25,27)(H,26,28). The molecule has 0 aliphatic carbocycles. The average Bonchev–Trinajstić information content (AvgIpc) is 2.66. The van der Waals surface area contributed by atoms with Gasteiger partial charge in [0, 0.05) is 16.9 Å². The van der Waals surface area contributed by atoms with Gasteiger partial charge in [-0.1, -0.05) is 35.9 Å². The smallest absolute Gasteiger partial charge is 0.255 e. The van der Waals surface area contributed by atoms with Crippen molar-refractivity contribution >= 4 is 23.2 Å². The molecule has 0 unspecified atom stereocenters. The highest BCUT2D eigenvalue weighted by molar-refractivity contribution is 6.05. The van der Waals surface area contributed by atoms with E-state index in [1.807, 2.05) is 38.1 Å². The molecule has 0 aliphatic rings. The van der Waals surface area contributed by atoms with Gasteiger partial charge < -0.3 is 10.6 Å². The van der Waals surface area contributed by atoms with Gasteiger partial charge in [0.25, 0.3) is 5.91 Å². The Balaban J connectivity index is 1.69. The molecule has 0 aromatic heterocycles. The van der Waals surface area contributed by atoms with Crippen LogP contribution in [0, 0.1) is 19.7 Å². The summed E-state index contributed by atoms with van der Waals surface area (Å²) in [7, 11) is 0. The maximum Gasteiger partial charge on any atom is 0.255 e. The van der Waals surface area contributed by atoms with Gasteiger partial charge in [-0.15, -0.1) is 0 Å². The number of hydrogen-bond acceptors (Lipinski definition) is 2. The second-order valence-corrected chi connectivity index (χ2v) is 6.70. The van der Waals surface area contributed by atoms with E-state index in [0.29, 0.717) is 16.9 Å². The Morgan fingerprint density at radius 1 is 0.893 bits per heavy atom. The number of carbonyl (C=O) groups excluding carboxylic acids is 2. The Kier molecular flexibility index (Phi) is 5.84. The van der Waals surface area contributed by atoms with E-state index in [4.69, 9.17) is 0 Å². The summed E-state index contributed by atoms with van der Waals surface area (Å²) < 4.78 is 13.0. The Labute approximate surface area is 163 Å². The third-order valence-electron chi connectivity index (χ3n) is 4.33. The fourth-order valence-corrected chi connectivity index (χ4v) is 2.81. The fourth-order valence-electron chi connectivity index (χ4n) is 2.81. The van der Waals surface area contributed by atoms with Crippen LogP contribution in [-0.2, 0) is 11.2 Å². The van der Waals surface area contributed by atoms with Crippen LogP contribution in [0.5, 0.6) is 0 Å². The van der Waals surface area contributed by atoms with Crippen LogP contribution in [0.2, 0.25) is 0 Å². The molecule has 4 nitrogen and oxygen atoms in total. The first-order valence-corrected chi connectivity index (χ1v) is 8.94. The summed E-state index contributed by atoms with van der Waals surface area (Å²) in [5.74, 6) is -0.760. The van der Waals surface area contributed by atoms with Crippen molar-refractivity contribution in [3.8, 4) is 0 Å². The monoisotopic (exact) mass is 376 g/mol. The van der Waals surface area contributed by atoms with Crippen molar-refractivity contribution in [2.45, 2.75) is 20.3 Å². The highest BCUT2D eigenvalue weighted by Crippen LogP contribution is 2.21. The molecule has 0 radical (unpaired) electrons. The molecule has 0 saturated carbocycles. The normalized spacial score (nSPS) is 10.4. The summed E-state index contributed by atoms with van der Waals surface area (Å²) in [5.41, 5.74) is 4.40. The molecule has 28 heavy (non-hydrogen) atoms. The van der Waals surface area contributed by atoms with E-state index >= 15 is 0 Å². The molecule has 2 N–H and O–H groups in total. The third-order valence-corrected chi connectivity index (χ3v) is 4.33. The highest BCUT2D eigenvalue weighted by atomic mass is 19.1. The van der Waals surface area contributed by atoms with E-state index in [9.17, 15) is 14.0 Å². The molecule has 0 spiro atoms. The first-order valence-electron chi connectivity index (χ1n) is 8.94. The first kappa shape index (κ1) is 19.3. The maximum absolute atomic E-state index is 13.0. The lowest BCUT2D eigenvalue weighted by Crippen LogP contribution is -2.16. The quantitative estimate of drug-likeness (QED) is 0.667. The van der Waals surface area contributed by atoms with E-state index in [1.54, 1.807) is 30.3 Å². The van der Waals surface area contributed by atoms with Crippen LogP contribution in [0.4, 0.5) is 15.8 Å². The Bertz CT molecular complexity index is 1010. The summed E-state index contributed by atoms with van der Waals surface area (Å²) >= 11 is 0. The molecule has 0 aliphatic heterocycles. The second-order valence-electron chi connectivity index (χ2n) is 6.70. The lowest BCUT2D eigenvalue weighted by Gasteiger charge is -2.12. The van der Waals surface area contributed by atoms with Crippen LogP contribution in [0.25, 0.3) is 0 Å². The van der Waals surface area contributed by atoms with Gasteiger partial charge in [0.1, 0.15) is 5.82 Å². The second kappa shape index (κ2) is 8.48. The van der Waals surface area contributed by atoms with Crippen molar-refractivity contribution in [2.24, 2.45) is 0 Å². The van der Waals surface area contributed by atoms with Crippen LogP contribution in [-0.4, -0.2) is 11.8 Å². The molecule has 0 heterocycles. The number of amides is 2. The van der Waals surface area contributed by atoms with Crippen molar-refractivity contribution in [3.63, 3.8) is 0 Å². The number of anilines is 2. The zero-order chi connectivity index (χ0) is 20.1. The van der Waals surface area contributed by atoms with E-state index in [1.165, 1.54) is 12.1 Å². The number of nitrogens with one attached hydrogen (secondary N) is 2. The van der Waals surface area contributed by atoms with Gasteiger partial charge in [-0.05, 0) is 61.4 Å². The third kappa shape index (κ3) is 5.04. The molecular weight excluding hydrogens is 355 g/mol. The van der Waals surface area contributed by atoms with Crippen LogP contribution < -0.4 is 10.6 Å². The van der Waals surface area contributed by atoms with Gasteiger partial charge >= 0.3 is 0 Å². The molecule has 142 valence electrons. The Hall–Kier alpha value is -3.47. The molecular formula is C23H21FN2O2. The largest absolute Gasteiger partial charge is 0.326 e. The number of rotatable bonds is 5. The van der Waals surface area contributed by atoms with Crippen LogP contribution in [0.3, 0.4) is 0 Å². The summed E-state index contributed by atoms with van der Waals surface area (Å²) in [6, 6.07) is 18.5. The van der Waals surface area contributed by atoms with E-state index in [-0.39, 0.29) is 24.1 Å². The minimum absolute atomic E-state index is 0.138. The molecule has 5 heteroatoms. The minimum Gasteiger partial charge on any atom is -0.326 e. The van der Waals surface area contributed by atoms with Crippen molar-refractivity contribution in [3.05, 3.63) is 94.8 Å². The van der Waals surface area contributed by atoms with Gasteiger partial charge in [-0.25, -0.2) is 4.39 Å². The molecule has 3 rings (SSSR count). The van der Waals surface area contributed by atoms with E-state index < -0.39 is 0 Å². The fraction of sp³-hybridized carbons (Fsp3) is 0.130. The van der Waals surface area contributed by atoms with Gasteiger partial charge in [0.05, 0.1) is 6.42 Å². The first-order chi connectivity index (χ1) is 13.4. The van der Waals surface area contributed by atoms with Crippen molar-refractivity contribution in [2.75, 3.05) is 10.6 Å². The lowest BCUT2D eigenvalue weighted by molar-refractivity contribution is -0.115. The summed E-state index contributed by atoms with van der Waals surface area (Å²) in [6.07, 6.45) is 0.138. The minimum atomic E-state index is -0.336. The lowest BCUT2D eigenvalue weighted by atomic mass is 10.1. The van der Waals surface area contributed by atoms with E-state index in [2.05, 4.69) is 10.6 Å². The Morgan fingerprint density at radius 2 is 1.64 bits per heavy atom. The predicted octanol–water partition coefficient (Wildman–Crippen LogP) is 4.88. The molecule has 0 atom stereocenters. The zero-order valence-electron chi connectivity index (χ0n) is 15.8. The number of benzene rings is 3. The summed E-state index contributed by atoms with van der Waals surface area (Å²) in [6.45, 7) is 3.81.